The number of amides is 1. The molecule has 2 rings (SSSR count). The van der Waals surface area contributed by atoms with E-state index in [0.717, 1.165) is 19.6 Å². The summed E-state index contributed by atoms with van der Waals surface area (Å²) in [6.07, 6.45) is 2.55. The van der Waals surface area contributed by atoms with Crippen molar-refractivity contribution in [1.29, 1.82) is 0 Å². The number of carbonyl (C=O) groups excluding carboxylic acids is 1. The number of anilines is 1. The van der Waals surface area contributed by atoms with Crippen molar-refractivity contribution in [2.24, 2.45) is 0 Å². The Labute approximate surface area is 135 Å². The summed E-state index contributed by atoms with van der Waals surface area (Å²) in [4.78, 5) is 14.4. The number of rotatable bonds is 6. The van der Waals surface area contributed by atoms with Crippen LogP contribution in [0.5, 0.6) is 0 Å². The zero-order valence-corrected chi connectivity index (χ0v) is 13.7. The topological polar surface area (TPSA) is 44.4 Å². The van der Waals surface area contributed by atoms with E-state index in [4.69, 9.17) is 23.2 Å². The summed E-state index contributed by atoms with van der Waals surface area (Å²) in [6, 6.07) is 5.60. The van der Waals surface area contributed by atoms with Crippen LogP contribution in [0.2, 0.25) is 10.0 Å². The fourth-order valence-corrected chi connectivity index (χ4v) is 3.00. The maximum atomic E-state index is 11.9. The van der Waals surface area contributed by atoms with Crippen LogP contribution in [0, 0.1) is 0 Å². The van der Waals surface area contributed by atoms with Gasteiger partial charge >= 0.3 is 0 Å². The molecule has 116 valence electrons. The fraction of sp³-hybridized carbons (Fsp3) is 0.533. The van der Waals surface area contributed by atoms with E-state index in [1.165, 1.54) is 12.8 Å². The summed E-state index contributed by atoms with van der Waals surface area (Å²) < 4.78 is 0. The maximum absolute atomic E-state index is 11.9. The Bertz CT molecular complexity index is 470. The van der Waals surface area contributed by atoms with E-state index in [1.807, 2.05) is 0 Å². The van der Waals surface area contributed by atoms with Crippen molar-refractivity contribution in [2.75, 3.05) is 31.5 Å². The van der Waals surface area contributed by atoms with Gasteiger partial charge in [-0.25, -0.2) is 0 Å². The number of para-hydroxylation sites is 1. The van der Waals surface area contributed by atoms with Gasteiger partial charge in [0.2, 0.25) is 5.91 Å². The van der Waals surface area contributed by atoms with Gasteiger partial charge in [-0.1, -0.05) is 29.3 Å². The average Bonchev–Trinajstić information content (AvgIpc) is 2.97. The molecule has 6 heteroatoms. The minimum absolute atomic E-state index is 0.140. The summed E-state index contributed by atoms with van der Waals surface area (Å²) in [5.74, 6) is -0.140. The molecule has 0 bridgehead atoms. The molecule has 1 saturated heterocycles. The summed E-state index contributed by atoms with van der Waals surface area (Å²) in [6.45, 7) is 5.54. The first-order valence-electron chi connectivity index (χ1n) is 7.26. The average molecular weight is 330 g/mol. The molecule has 0 aromatic heterocycles. The molecule has 1 amide bonds. The Balaban J connectivity index is 1.74. The van der Waals surface area contributed by atoms with Gasteiger partial charge < -0.3 is 10.6 Å². The van der Waals surface area contributed by atoms with Crippen molar-refractivity contribution >= 4 is 34.8 Å². The summed E-state index contributed by atoms with van der Waals surface area (Å²) in [5.41, 5.74) is 0.472. The molecule has 1 atom stereocenters. The van der Waals surface area contributed by atoms with E-state index in [-0.39, 0.29) is 12.5 Å². The minimum atomic E-state index is -0.140. The fourth-order valence-electron chi connectivity index (χ4n) is 2.51. The van der Waals surface area contributed by atoms with Crippen LogP contribution >= 0.6 is 23.2 Å². The standard InChI is InChI=1S/C15H21Cl2N3O/c1-11(20-7-2-3-8-20)9-18-10-14(21)19-15-12(16)5-4-6-13(15)17/h4-6,11,18H,2-3,7-10H2,1H3,(H,19,21). The molecule has 1 aliphatic rings. The molecule has 1 aromatic carbocycles. The number of likely N-dealkylation sites (tertiary alicyclic amines) is 1. The van der Waals surface area contributed by atoms with Crippen LogP contribution in [0.15, 0.2) is 18.2 Å². The van der Waals surface area contributed by atoms with Gasteiger partial charge in [-0.05, 0) is 45.0 Å². The van der Waals surface area contributed by atoms with Crippen LogP contribution in [0.3, 0.4) is 0 Å². The molecular weight excluding hydrogens is 309 g/mol. The van der Waals surface area contributed by atoms with Crippen molar-refractivity contribution in [3.05, 3.63) is 28.2 Å². The second kappa shape index (κ2) is 7.99. The number of halogens is 2. The molecule has 21 heavy (non-hydrogen) atoms. The molecule has 0 spiro atoms. The number of hydrogen-bond donors (Lipinski definition) is 2. The molecule has 1 heterocycles. The van der Waals surface area contributed by atoms with Crippen molar-refractivity contribution in [3.63, 3.8) is 0 Å². The zero-order valence-electron chi connectivity index (χ0n) is 12.2. The van der Waals surface area contributed by atoms with E-state index in [2.05, 4.69) is 22.5 Å². The Morgan fingerprint density at radius 1 is 1.29 bits per heavy atom. The number of hydrogen-bond acceptors (Lipinski definition) is 3. The Morgan fingerprint density at radius 2 is 1.90 bits per heavy atom. The van der Waals surface area contributed by atoms with Gasteiger partial charge in [-0.15, -0.1) is 0 Å². The molecule has 0 radical (unpaired) electrons. The van der Waals surface area contributed by atoms with Crippen molar-refractivity contribution in [1.82, 2.24) is 10.2 Å². The highest BCUT2D eigenvalue weighted by atomic mass is 35.5. The van der Waals surface area contributed by atoms with Gasteiger partial charge in [0.25, 0.3) is 0 Å². The number of nitrogens with one attached hydrogen (secondary N) is 2. The van der Waals surface area contributed by atoms with Crippen LogP contribution in [-0.2, 0) is 4.79 Å². The highest BCUT2D eigenvalue weighted by Crippen LogP contribution is 2.29. The van der Waals surface area contributed by atoms with E-state index in [0.29, 0.717) is 21.8 Å². The van der Waals surface area contributed by atoms with Crippen molar-refractivity contribution in [2.45, 2.75) is 25.8 Å². The highest BCUT2D eigenvalue weighted by molar-refractivity contribution is 6.39. The second-order valence-corrected chi connectivity index (χ2v) is 6.18. The van der Waals surface area contributed by atoms with Gasteiger partial charge in [-0.3, -0.25) is 9.69 Å². The van der Waals surface area contributed by atoms with E-state index < -0.39 is 0 Å². The van der Waals surface area contributed by atoms with E-state index >= 15 is 0 Å². The third-order valence-corrected chi connectivity index (χ3v) is 4.35. The lowest BCUT2D eigenvalue weighted by Gasteiger charge is -2.23. The number of benzene rings is 1. The molecule has 4 nitrogen and oxygen atoms in total. The highest BCUT2D eigenvalue weighted by Gasteiger charge is 2.17. The second-order valence-electron chi connectivity index (χ2n) is 5.37. The van der Waals surface area contributed by atoms with E-state index in [1.54, 1.807) is 18.2 Å². The Kier molecular flexibility index (Phi) is 6.30. The minimum Gasteiger partial charge on any atom is -0.322 e. The monoisotopic (exact) mass is 329 g/mol. The lowest BCUT2D eigenvalue weighted by Crippen LogP contribution is -2.41. The molecular formula is C15H21Cl2N3O. The van der Waals surface area contributed by atoms with Gasteiger partial charge in [0.15, 0.2) is 0 Å². The van der Waals surface area contributed by atoms with Crippen LogP contribution in [0.1, 0.15) is 19.8 Å². The van der Waals surface area contributed by atoms with Crippen molar-refractivity contribution in [3.8, 4) is 0 Å². The first-order valence-corrected chi connectivity index (χ1v) is 8.02. The number of carbonyl (C=O) groups is 1. The molecule has 2 N–H and O–H groups in total. The lowest BCUT2D eigenvalue weighted by molar-refractivity contribution is -0.115. The predicted molar refractivity (Wildman–Crippen MR) is 88.2 cm³/mol. The molecule has 1 fully saturated rings. The first kappa shape index (κ1) is 16.6. The van der Waals surface area contributed by atoms with Crippen LogP contribution in [0.4, 0.5) is 5.69 Å². The van der Waals surface area contributed by atoms with Gasteiger partial charge in [0, 0.05) is 12.6 Å². The van der Waals surface area contributed by atoms with Crippen molar-refractivity contribution < 1.29 is 4.79 Å². The summed E-state index contributed by atoms with van der Waals surface area (Å²) >= 11 is 12.0. The smallest absolute Gasteiger partial charge is 0.238 e. The van der Waals surface area contributed by atoms with Gasteiger partial charge in [0.1, 0.15) is 0 Å². The van der Waals surface area contributed by atoms with Gasteiger partial charge in [0.05, 0.1) is 22.3 Å². The molecule has 0 aliphatic carbocycles. The third kappa shape index (κ3) is 4.85. The number of nitrogens with zero attached hydrogens (tertiary/aromatic N) is 1. The quantitative estimate of drug-likeness (QED) is 0.843. The molecule has 1 aliphatic heterocycles. The normalized spacial score (nSPS) is 16.9. The Morgan fingerprint density at radius 3 is 2.52 bits per heavy atom. The molecule has 1 unspecified atom stereocenters. The largest absolute Gasteiger partial charge is 0.322 e. The van der Waals surface area contributed by atoms with Crippen LogP contribution in [-0.4, -0.2) is 43.0 Å². The molecule has 0 saturated carbocycles. The summed E-state index contributed by atoms with van der Waals surface area (Å²) in [7, 11) is 0. The maximum Gasteiger partial charge on any atom is 0.238 e. The SMILES string of the molecule is CC(CNCC(=O)Nc1c(Cl)cccc1Cl)N1CCCC1. The first-order chi connectivity index (χ1) is 10.1. The summed E-state index contributed by atoms with van der Waals surface area (Å²) in [5, 5.41) is 6.82. The van der Waals surface area contributed by atoms with E-state index in [9.17, 15) is 4.79 Å². The zero-order chi connectivity index (χ0) is 15.2. The molecule has 1 aromatic rings. The lowest BCUT2D eigenvalue weighted by atomic mass is 10.3. The van der Waals surface area contributed by atoms with Gasteiger partial charge in [-0.2, -0.15) is 0 Å². The predicted octanol–water partition coefficient (Wildman–Crippen LogP) is 3.01. The van der Waals surface area contributed by atoms with Crippen LogP contribution in [0.25, 0.3) is 0 Å². The van der Waals surface area contributed by atoms with Crippen LogP contribution < -0.4 is 10.6 Å². The third-order valence-electron chi connectivity index (χ3n) is 3.72. The Hall–Kier alpha value is -0.810.